The molecule has 0 bridgehead atoms. The lowest BCUT2D eigenvalue weighted by Crippen LogP contribution is -2.35. The maximum Gasteiger partial charge on any atom is 0.165 e. The molecule has 0 saturated carbocycles. The van der Waals surface area contributed by atoms with E-state index in [9.17, 15) is 5.11 Å². The minimum atomic E-state index is 0.268. The highest BCUT2D eigenvalue weighted by Gasteiger charge is 2.34. The van der Waals surface area contributed by atoms with E-state index < -0.39 is 0 Å². The number of ether oxygens (including phenoxy) is 1. The molecule has 1 aliphatic heterocycles. The second-order valence-corrected chi connectivity index (χ2v) is 6.77. The van der Waals surface area contributed by atoms with Gasteiger partial charge in [0.05, 0.1) is 6.61 Å². The van der Waals surface area contributed by atoms with Crippen LogP contribution in [0.25, 0.3) is 11.1 Å². The highest BCUT2D eigenvalue weighted by molar-refractivity contribution is 5.82. The van der Waals surface area contributed by atoms with Crippen molar-refractivity contribution in [3.63, 3.8) is 0 Å². The van der Waals surface area contributed by atoms with E-state index in [1.165, 1.54) is 16.7 Å². The zero-order chi connectivity index (χ0) is 16.7. The number of nitrogens with zero attached hydrogens (tertiary/aromatic N) is 1. The zero-order valence-electron chi connectivity index (χ0n) is 14.1. The number of likely N-dealkylation sites (N-methyl/N-ethyl adjacent to an activating group) is 1. The number of phenolic OH excluding ortho intramolecular Hbond substituents is 1. The molecule has 0 fully saturated rings. The fraction of sp³-hybridized carbons (Fsp3) is 0.400. The van der Waals surface area contributed by atoms with E-state index in [-0.39, 0.29) is 5.75 Å². The van der Waals surface area contributed by atoms with Gasteiger partial charge in [0.15, 0.2) is 11.5 Å². The molecule has 2 aromatic rings. The Morgan fingerprint density at radius 2 is 2.12 bits per heavy atom. The van der Waals surface area contributed by atoms with Gasteiger partial charge in [-0.3, -0.25) is 4.90 Å². The third-order valence-electron chi connectivity index (χ3n) is 5.31. The number of rotatable bonds is 4. The molecule has 4 nitrogen and oxygen atoms in total. The summed E-state index contributed by atoms with van der Waals surface area (Å²) in [6.45, 7) is 2.20. The second kappa shape index (κ2) is 6.11. The molecular formula is C20H24N2O2. The first-order valence-electron chi connectivity index (χ1n) is 8.71. The van der Waals surface area contributed by atoms with Crippen LogP contribution in [0.4, 0.5) is 0 Å². The molecule has 1 heterocycles. The first-order valence-corrected chi connectivity index (χ1v) is 8.71. The van der Waals surface area contributed by atoms with Gasteiger partial charge < -0.3 is 15.6 Å². The van der Waals surface area contributed by atoms with Crippen molar-refractivity contribution >= 4 is 0 Å². The second-order valence-electron chi connectivity index (χ2n) is 6.77. The van der Waals surface area contributed by atoms with Gasteiger partial charge >= 0.3 is 0 Å². The van der Waals surface area contributed by atoms with E-state index in [2.05, 4.69) is 36.2 Å². The smallest absolute Gasteiger partial charge is 0.165 e. The summed E-state index contributed by atoms with van der Waals surface area (Å²) in [6, 6.07) is 10.9. The number of benzene rings is 2. The highest BCUT2D eigenvalue weighted by Crippen LogP contribution is 2.50. The summed E-state index contributed by atoms with van der Waals surface area (Å²) in [5.74, 6) is 0.826. The topological polar surface area (TPSA) is 58.7 Å². The number of hydrogen-bond donors (Lipinski definition) is 2. The lowest BCUT2D eigenvalue weighted by Gasteiger charge is -2.40. The lowest BCUT2D eigenvalue weighted by molar-refractivity contribution is 0.227. The Morgan fingerprint density at radius 3 is 2.96 bits per heavy atom. The van der Waals surface area contributed by atoms with Gasteiger partial charge in [-0.2, -0.15) is 0 Å². The molecule has 126 valence electrons. The van der Waals surface area contributed by atoms with Gasteiger partial charge in [0, 0.05) is 18.2 Å². The van der Waals surface area contributed by atoms with E-state index in [1.54, 1.807) is 0 Å². The molecule has 0 unspecified atom stereocenters. The Labute approximate surface area is 142 Å². The van der Waals surface area contributed by atoms with Crippen molar-refractivity contribution in [3.8, 4) is 22.6 Å². The first-order chi connectivity index (χ1) is 11.7. The van der Waals surface area contributed by atoms with Crippen molar-refractivity contribution in [3.05, 3.63) is 47.0 Å². The van der Waals surface area contributed by atoms with Crippen LogP contribution in [-0.4, -0.2) is 36.8 Å². The Bertz CT molecular complexity index is 772. The van der Waals surface area contributed by atoms with Crippen molar-refractivity contribution < 1.29 is 9.84 Å². The van der Waals surface area contributed by atoms with Crippen LogP contribution in [0.15, 0.2) is 30.3 Å². The molecule has 0 saturated heterocycles. The summed E-state index contributed by atoms with van der Waals surface area (Å²) in [5.41, 5.74) is 11.6. The predicted molar refractivity (Wildman–Crippen MR) is 95.5 cm³/mol. The minimum absolute atomic E-state index is 0.268. The molecule has 0 amide bonds. The number of fused-ring (bicyclic) bond motifs is 2. The van der Waals surface area contributed by atoms with Crippen LogP contribution in [0.2, 0.25) is 0 Å². The molecular weight excluding hydrogens is 300 g/mol. The van der Waals surface area contributed by atoms with E-state index >= 15 is 0 Å². The molecule has 2 aliphatic rings. The van der Waals surface area contributed by atoms with Gasteiger partial charge in [0.2, 0.25) is 0 Å². The monoisotopic (exact) mass is 324 g/mol. The van der Waals surface area contributed by atoms with Gasteiger partial charge in [-0.15, -0.1) is 0 Å². The van der Waals surface area contributed by atoms with E-state index in [4.69, 9.17) is 10.5 Å². The van der Waals surface area contributed by atoms with Crippen LogP contribution in [0, 0.1) is 0 Å². The normalized spacial score (nSPS) is 18.8. The molecule has 4 rings (SSSR count). The molecule has 2 aromatic carbocycles. The highest BCUT2D eigenvalue weighted by atomic mass is 16.5. The largest absolute Gasteiger partial charge is 0.504 e. The Morgan fingerprint density at radius 1 is 1.25 bits per heavy atom. The molecule has 24 heavy (non-hydrogen) atoms. The van der Waals surface area contributed by atoms with Crippen molar-refractivity contribution in [1.82, 2.24) is 4.90 Å². The Hall–Kier alpha value is -2.04. The summed E-state index contributed by atoms with van der Waals surface area (Å²) in [6.07, 6.45) is 2.79. The molecule has 1 aliphatic carbocycles. The van der Waals surface area contributed by atoms with Crippen LogP contribution in [-0.2, 0) is 12.8 Å². The van der Waals surface area contributed by atoms with Crippen LogP contribution in [0.5, 0.6) is 11.5 Å². The third-order valence-corrected chi connectivity index (χ3v) is 5.31. The summed E-state index contributed by atoms with van der Waals surface area (Å²) in [5, 5.41) is 10.8. The van der Waals surface area contributed by atoms with Crippen molar-refractivity contribution in [2.24, 2.45) is 5.73 Å². The fourth-order valence-electron chi connectivity index (χ4n) is 4.05. The van der Waals surface area contributed by atoms with E-state index in [1.807, 2.05) is 6.07 Å². The Kier molecular flexibility index (Phi) is 3.94. The van der Waals surface area contributed by atoms with Gasteiger partial charge in [-0.05, 0) is 61.2 Å². The van der Waals surface area contributed by atoms with Gasteiger partial charge in [0.1, 0.15) is 0 Å². The van der Waals surface area contributed by atoms with Crippen LogP contribution in [0.3, 0.4) is 0 Å². The summed E-state index contributed by atoms with van der Waals surface area (Å²) in [4.78, 5) is 2.43. The quantitative estimate of drug-likeness (QED) is 0.849. The molecule has 0 spiro atoms. The average molecular weight is 324 g/mol. The summed E-state index contributed by atoms with van der Waals surface area (Å²) >= 11 is 0. The summed E-state index contributed by atoms with van der Waals surface area (Å²) < 4.78 is 5.74. The van der Waals surface area contributed by atoms with Crippen LogP contribution < -0.4 is 10.5 Å². The molecule has 0 radical (unpaired) electrons. The Balaban J connectivity index is 1.82. The summed E-state index contributed by atoms with van der Waals surface area (Å²) in [7, 11) is 2.19. The lowest BCUT2D eigenvalue weighted by atomic mass is 9.77. The minimum Gasteiger partial charge on any atom is -0.504 e. The van der Waals surface area contributed by atoms with E-state index in [0.717, 1.165) is 36.9 Å². The van der Waals surface area contributed by atoms with Gasteiger partial charge in [-0.25, -0.2) is 0 Å². The number of hydrogen-bond acceptors (Lipinski definition) is 4. The molecule has 1 atom stereocenters. The average Bonchev–Trinajstić information content (AvgIpc) is 2.60. The number of phenols is 1. The zero-order valence-corrected chi connectivity index (χ0v) is 14.1. The molecule has 0 aromatic heterocycles. The van der Waals surface area contributed by atoms with Crippen molar-refractivity contribution in [1.29, 1.82) is 0 Å². The van der Waals surface area contributed by atoms with Gasteiger partial charge in [-0.1, -0.05) is 24.3 Å². The first kappa shape index (κ1) is 15.5. The van der Waals surface area contributed by atoms with Crippen molar-refractivity contribution in [2.45, 2.75) is 25.3 Å². The number of aromatic hydroxyl groups is 1. The molecule has 4 heteroatoms. The predicted octanol–water partition coefficient (Wildman–Crippen LogP) is 2.87. The van der Waals surface area contributed by atoms with Crippen molar-refractivity contribution in [2.75, 3.05) is 26.7 Å². The van der Waals surface area contributed by atoms with Gasteiger partial charge in [0.25, 0.3) is 0 Å². The fourth-order valence-corrected chi connectivity index (χ4v) is 4.05. The number of nitrogens with two attached hydrogens (primary N) is 1. The SMILES string of the molecule is CN1CCc2cccc3c2[C@H]1Cc1ccc(OCCCN)c(O)c1-3. The van der Waals surface area contributed by atoms with Crippen LogP contribution >= 0.6 is 0 Å². The molecule has 3 N–H and O–H groups in total. The maximum atomic E-state index is 10.8. The van der Waals surface area contributed by atoms with E-state index in [0.29, 0.717) is 24.9 Å². The maximum absolute atomic E-state index is 10.8. The van der Waals surface area contributed by atoms with Crippen LogP contribution in [0.1, 0.15) is 29.2 Å². The third kappa shape index (κ3) is 2.38. The standard InChI is InChI=1S/C20H24N2O2/c1-22-10-8-13-4-2-5-15-18(13)16(22)12-14-6-7-17(20(23)19(14)15)24-11-3-9-21/h2,4-7,16,23H,3,8-12,21H2,1H3/t16-/m1/s1.